The van der Waals surface area contributed by atoms with Crippen LogP contribution in [0.25, 0.3) is 11.3 Å². The van der Waals surface area contributed by atoms with Gasteiger partial charge in [-0.1, -0.05) is 0 Å². The molecule has 0 spiro atoms. The molecule has 0 radical (unpaired) electrons. The third kappa shape index (κ3) is 3.74. The fourth-order valence-electron chi connectivity index (χ4n) is 4.47. The van der Waals surface area contributed by atoms with E-state index in [4.69, 9.17) is 20.4 Å². The summed E-state index contributed by atoms with van der Waals surface area (Å²) in [6.07, 6.45) is 5.12. The normalized spacial score (nSPS) is 22.0. The fourth-order valence-corrected chi connectivity index (χ4v) is 4.47. The van der Waals surface area contributed by atoms with Gasteiger partial charge >= 0.3 is 0 Å². The highest BCUT2D eigenvalue weighted by atomic mass is 16.5. The van der Waals surface area contributed by atoms with Crippen LogP contribution in [0.5, 0.6) is 0 Å². The molecule has 2 saturated heterocycles. The van der Waals surface area contributed by atoms with E-state index in [1.807, 2.05) is 4.90 Å². The van der Waals surface area contributed by atoms with Gasteiger partial charge in [-0.15, -0.1) is 0 Å². The van der Waals surface area contributed by atoms with Crippen LogP contribution < -0.4 is 15.5 Å². The number of hydrogen-bond acceptors (Lipinski definition) is 10. The van der Waals surface area contributed by atoms with Gasteiger partial charge in [0, 0.05) is 62.8 Å². The number of aromatic nitrogens is 4. The fraction of sp³-hybridized carbons (Fsp3) is 0.550. The van der Waals surface area contributed by atoms with Crippen LogP contribution in [0.1, 0.15) is 5.56 Å². The Bertz CT molecular complexity index is 948. The Morgan fingerprint density at radius 3 is 2.61 bits per heavy atom. The Hall–Kier alpha value is -3.05. The van der Waals surface area contributed by atoms with Crippen molar-refractivity contribution in [3.63, 3.8) is 0 Å². The van der Waals surface area contributed by atoms with Gasteiger partial charge in [0.25, 0.3) is 0 Å². The number of fused-ring (bicyclic) bond motifs is 1. The summed E-state index contributed by atoms with van der Waals surface area (Å²) in [6, 6.07) is 0. The molecule has 1 amide bonds. The lowest BCUT2D eigenvalue weighted by atomic mass is 10.1. The third-order valence-corrected chi connectivity index (χ3v) is 6.18. The van der Waals surface area contributed by atoms with E-state index in [1.165, 1.54) is 0 Å². The molecule has 31 heavy (non-hydrogen) atoms. The minimum absolute atomic E-state index is 0.0551. The Labute approximate surface area is 180 Å². The molecule has 1 atom stereocenters. The van der Waals surface area contributed by atoms with Crippen LogP contribution in [-0.4, -0.2) is 102 Å². The van der Waals surface area contributed by atoms with Crippen molar-refractivity contribution in [2.45, 2.75) is 12.6 Å². The number of rotatable bonds is 4. The van der Waals surface area contributed by atoms with Gasteiger partial charge < -0.3 is 30.1 Å². The molecule has 164 valence electrons. The number of nitrogens with zero attached hydrogens (tertiary/aromatic N) is 8. The maximum Gasteiger partial charge on any atom is 0.228 e. The van der Waals surface area contributed by atoms with E-state index in [-0.39, 0.29) is 12.1 Å². The molecule has 1 unspecified atom stereocenters. The summed E-state index contributed by atoms with van der Waals surface area (Å²) < 4.78 is 5.51. The molecule has 0 bridgehead atoms. The summed E-state index contributed by atoms with van der Waals surface area (Å²) in [7, 11) is 2.09. The van der Waals surface area contributed by atoms with E-state index in [1.54, 1.807) is 12.4 Å². The topological polar surface area (TPSA) is 117 Å². The van der Waals surface area contributed by atoms with Crippen molar-refractivity contribution >= 4 is 24.1 Å². The van der Waals surface area contributed by atoms with Gasteiger partial charge in [-0.25, -0.2) is 15.0 Å². The molecule has 0 aliphatic carbocycles. The van der Waals surface area contributed by atoms with Crippen LogP contribution in [-0.2, 0) is 16.0 Å². The molecule has 3 aliphatic rings. The first-order valence-corrected chi connectivity index (χ1v) is 10.6. The zero-order valence-corrected chi connectivity index (χ0v) is 17.6. The molecule has 0 saturated carbocycles. The molecule has 11 nitrogen and oxygen atoms in total. The quantitative estimate of drug-likeness (QED) is 0.639. The number of carbonyl (C=O) groups is 1. The molecule has 0 aromatic carbocycles. The Morgan fingerprint density at radius 2 is 1.87 bits per heavy atom. The summed E-state index contributed by atoms with van der Waals surface area (Å²) in [5, 5.41) is 0. The first-order valence-electron chi connectivity index (χ1n) is 10.6. The summed E-state index contributed by atoms with van der Waals surface area (Å²) in [6.45, 7) is 5.90. The predicted molar refractivity (Wildman–Crippen MR) is 116 cm³/mol. The second-order valence-electron chi connectivity index (χ2n) is 8.13. The van der Waals surface area contributed by atoms with Crippen LogP contribution in [0.3, 0.4) is 0 Å². The van der Waals surface area contributed by atoms with Gasteiger partial charge in [-0.2, -0.15) is 4.98 Å². The Kier molecular flexibility index (Phi) is 5.28. The van der Waals surface area contributed by atoms with Crippen molar-refractivity contribution in [3.05, 3.63) is 18.0 Å². The molecule has 11 heteroatoms. The minimum Gasteiger partial charge on any atom is -0.378 e. The number of amides is 1. The van der Waals surface area contributed by atoms with Gasteiger partial charge in [-0.3, -0.25) is 4.79 Å². The van der Waals surface area contributed by atoms with Crippen molar-refractivity contribution in [1.82, 2.24) is 29.7 Å². The second-order valence-corrected chi connectivity index (χ2v) is 8.13. The van der Waals surface area contributed by atoms with E-state index < -0.39 is 0 Å². The number of nitrogens with two attached hydrogens (primary N) is 1. The number of carbonyl (C=O) groups excluding carboxylic acids is 1. The third-order valence-electron chi connectivity index (χ3n) is 6.18. The van der Waals surface area contributed by atoms with Gasteiger partial charge in [0.2, 0.25) is 18.3 Å². The van der Waals surface area contributed by atoms with Crippen LogP contribution in [0.2, 0.25) is 0 Å². The monoisotopic (exact) mass is 425 g/mol. The first kappa shape index (κ1) is 19.9. The summed E-state index contributed by atoms with van der Waals surface area (Å²) in [5.74, 6) is 1.79. The molecule has 5 heterocycles. The van der Waals surface area contributed by atoms with Crippen LogP contribution in [0.4, 0.5) is 17.7 Å². The highest BCUT2D eigenvalue weighted by Gasteiger charge is 2.36. The number of morpholine rings is 1. The van der Waals surface area contributed by atoms with E-state index in [0.29, 0.717) is 25.7 Å². The van der Waals surface area contributed by atoms with Crippen molar-refractivity contribution in [1.29, 1.82) is 0 Å². The molecule has 2 fully saturated rings. The first-order chi connectivity index (χ1) is 15.1. The SMILES string of the molecule is CN1CCN(C=O)C(N2CCc3c(-c4cnc(N)nc4)nc(N4CCOCC4)nc32)C1. The molecular formula is C20H27N9O2. The number of likely N-dealkylation sites (N-methyl/N-ethyl adjacent to an activating group) is 1. The van der Waals surface area contributed by atoms with Crippen LogP contribution in [0, 0.1) is 0 Å². The largest absolute Gasteiger partial charge is 0.378 e. The lowest BCUT2D eigenvalue weighted by Gasteiger charge is -2.43. The highest BCUT2D eigenvalue weighted by Crippen LogP contribution is 2.37. The summed E-state index contributed by atoms with van der Waals surface area (Å²) >= 11 is 0. The van der Waals surface area contributed by atoms with Gasteiger partial charge in [0.15, 0.2) is 0 Å². The van der Waals surface area contributed by atoms with Crippen LogP contribution in [0.15, 0.2) is 12.4 Å². The van der Waals surface area contributed by atoms with E-state index >= 15 is 0 Å². The average Bonchev–Trinajstić information content (AvgIpc) is 3.23. The summed E-state index contributed by atoms with van der Waals surface area (Å²) in [5.41, 5.74) is 8.40. The molecule has 2 aromatic heterocycles. The van der Waals surface area contributed by atoms with Gasteiger partial charge in [0.1, 0.15) is 12.0 Å². The average molecular weight is 425 g/mol. The number of nitrogen functional groups attached to an aromatic ring is 1. The minimum atomic E-state index is -0.0551. The van der Waals surface area contributed by atoms with E-state index in [9.17, 15) is 4.79 Å². The van der Waals surface area contributed by atoms with Crippen molar-refractivity contribution < 1.29 is 9.53 Å². The smallest absolute Gasteiger partial charge is 0.228 e. The maximum absolute atomic E-state index is 11.8. The molecule has 3 aliphatic heterocycles. The van der Waals surface area contributed by atoms with E-state index in [0.717, 1.165) is 68.2 Å². The predicted octanol–water partition coefficient (Wildman–Crippen LogP) is -0.555. The lowest BCUT2D eigenvalue weighted by Crippen LogP contribution is -2.59. The standard InChI is InChI=1S/C20H27N9O2/c1-26-4-5-28(13-30)16(12-26)29-3-2-15-17(14-10-22-19(21)23-11-14)24-20(25-18(15)29)27-6-8-31-9-7-27/h10-11,13,16H,2-9,12H2,1H3,(H2,21,22,23). The van der Waals surface area contributed by atoms with Crippen molar-refractivity contribution in [2.75, 3.05) is 75.1 Å². The Morgan fingerprint density at radius 1 is 1.10 bits per heavy atom. The van der Waals surface area contributed by atoms with Gasteiger partial charge in [0.05, 0.1) is 18.9 Å². The van der Waals surface area contributed by atoms with Crippen LogP contribution >= 0.6 is 0 Å². The second kappa shape index (κ2) is 8.23. The zero-order valence-electron chi connectivity index (χ0n) is 17.6. The van der Waals surface area contributed by atoms with E-state index in [2.05, 4.69) is 31.7 Å². The van der Waals surface area contributed by atoms with Crippen molar-refractivity contribution in [3.8, 4) is 11.3 Å². The summed E-state index contributed by atoms with van der Waals surface area (Å²) in [4.78, 5) is 38.5. The molecular weight excluding hydrogens is 398 g/mol. The van der Waals surface area contributed by atoms with Crippen molar-refractivity contribution in [2.24, 2.45) is 0 Å². The highest BCUT2D eigenvalue weighted by molar-refractivity contribution is 5.73. The molecule has 2 aromatic rings. The maximum atomic E-state index is 11.8. The lowest BCUT2D eigenvalue weighted by molar-refractivity contribution is -0.122. The number of piperazine rings is 1. The number of hydrogen-bond donors (Lipinski definition) is 1. The molecule has 2 N–H and O–H groups in total. The van der Waals surface area contributed by atoms with Gasteiger partial charge in [-0.05, 0) is 13.5 Å². The zero-order chi connectivity index (χ0) is 21.4. The number of ether oxygens (including phenoxy) is 1. The Balaban J connectivity index is 1.59. The molecule has 5 rings (SSSR count). The number of anilines is 3.